The van der Waals surface area contributed by atoms with Crippen LogP contribution in [0.3, 0.4) is 0 Å². The second-order valence-corrected chi connectivity index (χ2v) is 7.19. The molecule has 1 fully saturated rings. The number of anilines is 1. The topological polar surface area (TPSA) is 3.24 Å². The van der Waals surface area contributed by atoms with E-state index in [-0.39, 0.29) is 0 Å². The number of alkyl halides is 1. The number of hydrogen-bond donors (Lipinski definition) is 0. The Morgan fingerprint density at radius 3 is 2.55 bits per heavy atom. The van der Waals surface area contributed by atoms with Gasteiger partial charge in [-0.1, -0.05) is 60.3 Å². The summed E-state index contributed by atoms with van der Waals surface area (Å²) < 4.78 is 0. The predicted octanol–water partition coefficient (Wildman–Crippen LogP) is 6.03. The van der Waals surface area contributed by atoms with E-state index in [0.717, 1.165) is 22.8 Å². The third kappa shape index (κ3) is 4.14. The first-order valence-electron chi connectivity index (χ1n) is 7.73. The molecule has 2 rings (SSSR count). The molecule has 1 aromatic carbocycles. The largest absolute Gasteiger partial charge is 0.368 e. The van der Waals surface area contributed by atoms with Crippen LogP contribution in [0.1, 0.15) is 51.5 Å². The van der Waals surface area contributed by atoms with Gasteiger partial charge in [-0.05, 0) is 42.9 Å². The van der Waals surface area contributed by atoms with Crippen LogP contribution in [0.2, 0.25) is 5.02 Å². The highest BCUT2D eigenvalue weighted by Gasteiger charge is 2.23. The van der Waals surface area contributed by atoms with Crippen LogP contribution in [0.25, 0.3) is 0 Å². The quantitative estimate of drug-likeness (QED) is 0.561. The first-order chi connectivity index (χ1) is 9.61. The Hall–Kier alpha value is -0.210. The molecule has 0 bridgehead atoms. The zero-order valence-electron chi connectivity index (χ0n) is 12.5. The molecule has 1 aromatic rings. The van der Waals surface area contributed by atoms with Crippen molar-refractivity contribution >= 4 is 33.2 Å². The maximum Gasteiger partial charge on any atom is 0.0467 e. The van der Waals surface area contributed by atoms with Crippen molar-refractivity contribution in [1.29, 1.82) is 0 Å². The van der Waals surface area contributed by atoms with Gasteiger partial charge in [0.1, 0.15) is 0 Å². The zero-order valence-corrected chi connectivity index (χ0v) is 14.9. The van der Waals surface area contributed by atoms with Gasteiger partial charge in [0.2, 0.25) is 0 Å². The minimum Gasteiger partial charge on any atom is -0.368 e. The van der Waals surface area contributed by atoms with Crippen LogP contribution in [-0.2, 0) is 5.33 Å². The minimum absolute atomic E-state index is 0.708. The molecule has 0 atom stereocenters. The molecule has 20 heavy (non-hydrogen) atoms. The lowest BCUT2D eigenvalue weighted by Crippen LogP contribution is -2.34. The van der Waals surface area contributed by atoms with E-state index in [0.29, 0.717) is 6.04 Å². The third-order valence-electron chi connectivity index (χ3n) is 4.23. The number of halogens is 2. The Labute approximate surface area is 136 Å². The molecule has 0 unspecified atom stereocenters. The summed E-state index contributed by atoms with van der Waals surface area (Å²) in [5.41, 5.74) is 2.47. The monoisotopic (exact) mass is 357 g/mol. The molecule has 0 N–H and O–H groups in total. The number of hydrogen-bond acceptors (Lipinski definition) is 1. The van der Waals surface area contributed by atoms with E-state index in [1.165, 1.54) is 43.4 Å². The van der Waals surface area contributed by atoms with Crippen molar-refractivity contribution in [2.45, 2.75) is 57.3 Å². The van der Waals surface area contributed by atoms with Crippen molar-refractivity contribution in [1.82, 2.24) is 0 Å². The molecular formula is C17H25BrClN. The first kappa shape index (κ1) is 16.2. The van der Waals surface area contributed by atoms with Crippen LogP contribution in [-0.4, -0.2) is 12.6 Å². The maximum absolute atomic E-state index is 6.39. The van der Waals surface area contributed by atoms with E-state index in [4.69, 9.17) is 11.6 Å². The van der Waals surface area contributed by atoms with Crippen LogP contribution in [0, 0.1) is 5.92 Å². The zero-order chi connectivity index (χ0) is 14.5. The Bertz CT molecular complexity index is 427. The van der Waals surface area contributed by atoms with E-state index in [2.05, 4.69) is 52.9 Å². The van der Waals surface area contributed by atoms with Gasteiger partial charge in [-0.3, -0.25) is 0 Å². The highest BCUT2D eigenvalue weighted by atomic mass is 79.9. The van der Waals surface area contributed by atoms with E-state index in [1.807, 2.05) is 0 Å². The molecule has 1 nitrogen and oxygen atoms in total. The Morgan fingerprint density at radius 2 is 2.00 bits per heavy atom. The average molecular weight is 359 g/mol. The lowest BCUT2D eigenvalue weighted by atomic mass is 10.1. The van der Waals surface area contributed by atoms with Crippen LogP contribution in [0.4, 0.5) is 5.69 Å². The molecule has 0 heterocycles. The second-order valence-electron chi connectivity index (χ2n) is 6.22. The van der Waals surface area contributed by atoms with E-state index < -0.39 is 0 Å². The van der Waals surface area contributed by atoms with E-state index >= 15 is 0 Å². The second kappa shape index (κ2) is 7.70. The molecule has 0 amide bonds. The molecule has 0 aliphatic heterocycles. The van der Waals surface area contributed by atoms with Crippen molar-refractivity contribution in [3.63, 3.8) is 0 Å². The van der Waals surface area contributed by atoms with Gasteiger partial charge >= 0.3 is 0 Å². The van der Waals surface area contributed by atoms with Crippen molar-refractivity contribution in [2.24, 2.45) is 5.92 Å². The first-order valence-corrected chi connectivity index (χ1v) is 9.22. The van der Waals surface area contributed by atoms with Crippen molar-refractivity contribution in [2.75, 3.05) is 11.4 Å². The van der Waals surface area contributed by atoms with Gasteiger partial charge in [-0.2, -0.15) is 0 Å². The van der Waals surface area contributed by atoms with Crippen LogP contribution >= 0.6 is 27.5 Å². The third-order valence-corrected chi connectivity index (χ3v) is 5.18. The summed E-state index contributed by atoms with van der Waals surface area (Å²) >= 11 is 9.87. The average Bonchev–Trinajstić information content (AvgIpc) is 2.93. The summed E-state index contributed by atoms with van der Waals surface area (Å²) in [6, 6.07) is 7.25. The lowest BCUT2D eigenvalue weighted by molar-refractivity contribution is 0.528. The molecular weight excluding hydrogens is 334 g/mol. The fraction of sp³-hybridized carbons (Fsp3) is 0.647. The molecule has 1 aliphatic rings. The molecule has 0 spiro atoms. The minimum atomic E-state index is 0.708. The van der Waals surface area contributed by atoms with Gasteiger partial charge in [0.15, 0.2) is 0 Å². The smallest absolute Gasteiger partial charge is 0.0467 e. The number of benzene rings is 1. The van der Waals surface area contributed by atoms with Gasteiger partial charge < -0.3 is 4.90 Å². The summed E-state index contributed by atoms with van der Waals surface area (Å²) in [5, 5.41) is 1.70. The van der Waals surface area contributed by atoms with Gasteiger partial charge in [0.25, 0.3) is 0 Å². The van der Waals surface area contributed by atoms with Gasteiger partial charge in [-0.15, -0.1) is 0 Å². The van der Waals surface area contributed by atoms with E-state index in [1.54, 1.807) is 0 Å². The number of rotatable bonds is 6. The Kier molecular flexibility index (Phi) is 6.22. The van der Waals surface area contributed by atoms with Gasteiger partial charge in [-0.25, -0.2) is 0 Å². The maximum atomic E-state index is 6.39. The summed E-state index contributed by atoms with van der Waals surface area (Å²) in [6.45, 7) is 5.74. The Morgan fingerprint density at radius 1 is 1.30 bits per heavy atom. The van der Waals surface area contributed by atoms with Crippen molar-refractivity contribution < 1.29 is 0 Å². The molecule has 3 heteroatoms. The Balaban J connectivity index is 2.18. The van der Waals surface area contributed by atoms with Crippen LogP contribution in [0.5, 0.6) is 0 Å². The molecule has 0 saturated heterocycles. The fourth-order valence-corrected chi connectivity index (χ4v) is 3.85. The van der Waals surface area contributed by atoms with Crippen LogP contribution in [0.15, 0.2) is 18.2 Å². The summed E-state index contributed by atoms with van der Waals surface area (Å²) in [4.78, 5) is 2.59. The van der Waals surface area contributed by atoms with Gasteiger partial charge in [0, 0.05) is 28.6 Å². The van der Waals surface area contributed by atoms with Crippen molar-refractivity contribution in [3.8, 4) is 0 Å². The fourth-order valence-electron chi connectivity index (χ4n) is 2.96. The van der Waals surface area contributed by atoms with Crippen molar-refractivity contribution in [3.05, 3.63) is 28.8 Å². The highest BCUT2D eigenvalue weighted by molar-refractivity contribution is 9.08. The molecule has 0 radical (unpaired) electrons. The van der Waals surface area contributed by atoms with Crippen LogP contribution < -0.4 is 4.90 Å². The van der Waals surface area contributed by atoms with E-state index in [9.17, 15) is 0 Å². The molecule has 1 aliphatic carbocycles. The normalized spacial score (nSPS) is 16.1. The lowest BCUT2D eigenvalue weighted by Gasteiger charge is -2.32. The highest BCUT2D eigenvalue weighted by Crippen LogP contribution is 2.32. The summed E-state index contributed by atoms with van der Waals surface area (Å²) in [7, 11) is 0. The summed E-state index contributed by atoms with van der Waals surface area (Å²) in [6.07, 6.45) is 6.65. The molecule has 112 valence electrons. The molecule has 0 aromatic heterocycles. The number of nitrogens with zero attached hydrogens (tertiary/aromatic N) is 1. The molecule has 1 saturated carbocycles. The summed E-state index contributed by atoms with van der Waals surface area (Å²) in [5.74, 6) is 0.746. The standard InChI is InChI=1S/C17H25BrClN/c1-13(2)9-10-20(15-5-3-4-6-15)16-8-7-14(12-18)17(19)11-16/h7-8,11,13,15H,3-6,9-10,12H2,1-2H3. The van der Waals surface area contributed by atoms with Gasteiger partial charge in [0.05, 0.1) is 0 Å². The predicted molar refractivity (Wildman–Crippen MR) is 93.1 cm³/mol. The SMILES string of the molecule is CC(C)CCN(c1ccc(CBr)c(Cl)c1)C1CCCC1.